The maximum absolute atomic E-state index is 13.4. The number of likely N-dealkylation sites (tertiary alicyclic amines) is 1. The molecule has 2 aliphatic rings. The van der Waals surface area contributed by atoms with Crippen molar-refractivity contribution in [2.75, 3.05) is 19.7 Å². The Morgan fingerprint density at radius 1 is 1.10 bits per heavy atom. The summed E-state index contributed by atoms with van der Waals surface area (Å²) in [6, 6.07) is 9.18. The Kier molecular flexibility index (Phi) is 6.05. The third kappa shape index (κ3) is 4.76. The molecule has 1 N–H and O–H groups in total. The van der Waals surface area contributed by atoms with Crippen LogP contribution in [0.2, 0.25) is 0 Å². The Hall–Kier alpha value is -2.42. The van der Waals surface area contributed by atoms with Gasteiger partial charge in [-0.2, -0.15) is 13.2 Å². The molecule has 4 rings (SSSR count). The highest BCUT2D eigenvalue weighted by atomic mass is 79.9. The monoisotopic (exact) mass is 499 g/mol. The highest BCUT2D eigenvalue weighted by Crippen LogP contribution is 2.43. The number of nitrogens with zero attached hydrogens (tertiary/aromatic N) is 1. The Bertz CT molecular complexity index is 974. The summed E-state index contributed by atoms with van der Waals surface area (Å²) in [6.45, 7) is 1.01. The second-order valence-electron chi connectivity index (χ2n) is 7.72. The summed E-state index contributed by atoms with van der Waals surface area (Å²) in [5.41, 5.74) is 0.595. The van der Waals surface area contributed by atoms with Crippen molar-refractivity contribution < 1.29 is 32.5 Å². The lowest BCUT2D eigenvalue weighted by atomic mass is 9.87. The van der Waals surface area contributed by atoms with Crippen LogP contribution in [0, 0.1) is 0 Å². The number of hydrogen-bond donors (Lipinski definition) is 1. The summed E-state index contributed by atoms with van der Waals surface area (Å²) in [5, 5.41) is 9.17. The number of hydrogen-bond acceptors (Lipinski definition) is 3. The molecule has 2 aromatic rings. The summed E-state index contributed by atoms with van der Waals surface area (Å²) >= 11 is 3.41. The summed E-state index contributed by atoms with van der Waals surface area (Å²) in [4.78, 5) is 12.5. The topological polar surface area (TPSA) is 59.0 Å². The molecule has 2 aromatic carbocycles. The molecule has 1 fully saturated rings. The van der Waals surface area contributed by atoms with Crippen molar-refractivity contribution in [1.82, 2.24) is 4.90 Å². The Morgan fingerprint density at radius 2 is 1.84 bits per heavy atom. The molecule has 0 bridgehead atoms. The minimum atomic E-state index is -4.47. The summed E-state index contributed by atoms with van der Waals surface area (Å²) < 4.78 is 53.0. The van der Waals surface area contributed by atoms with Gasteiger partial charge >= 0.3 is 12.3 Å². The van der Waals surface area contributed by atoms with Crippen LogP contribution >= 0.6 is 15.9 Å². The lowest BCUT2D eigenvalue weighted by Crippen LogP contribution is -2.37. The van der Waals surface area contributed by atoms with E-state index >= 15 is 0 Å². The van der Waals surface area contributed by atoms with Crippen LogP contribution in [-0.2, 0) is 6.18 Å². The van der Waals surface area contributed by atoms with Gasteiger partial charge in [0, 0.05) is 29.5 Å². The van der Waals surface area contributed by atoms with Gasteiger partial charge < -0.3 is 19.5 Å². The first-order valence-electron chi connectivity index (χ1n) is 10.0. The van der Waals surface area contributed by atoms with Gasteiger partial charge in [0.25, 0.3) is 0 Å². The molecule has 1 amide bonds. The van der Waals surface area contributed by atoms with Crippen molar-refractivity contribution in [2.45, 2.75) is 37.5 Å². The maximum Gasteiger partial charge on any atom is 0.416 e. The standard InChI is InChI=1S/C22H21BrF3NO4/c23-15-2-3-16-19(7-10-30-20(16)12-15)31-18-4-1-14(22(24,25)26)11-17(18)13-5-8-27(9-6-13)21(28)29/h1-4,11-13,19H,5-10H2,(H,28,29). The number of carboxylic acid groups (broad SMARTS) is 1. The molecule has 0 saturated carbocycles. The van der Waals surface area contributed by atoms with Gasteiger partial charge in [0.05, 0.1) is 12.2 Å². The normalized spacial score (nSPS) is 19.5. The summed E-state index contributed by atoms with van der Waals surface area (Å²) in [6.07, 6.45) is -4.35. The second-order valence-corrected chi connectivity index (χ2v) is 8.64. The van der Waals surface area contributed by atoms with Crippen LogP contribution in [0.25, 0.3) is 0 Å². The molecule has 0 spiro atoms. The fourth-order valence-corrected chi connectivity index (χ4v) is 4.48. The van der Waals surface area contributed by atoms with Gasteiger partial charge in [-0.1, -0.05) is 22.0 Å². The lowest BCUT2D eigenvalue weighted by Gasteiger charge is -2.33. The molecule has 1 saturated heterocycles. The number of fused-ring (bicyclic) bond motifs is 1. The van der Waals surface area contributed by atoms with E-state index in [2.05, 4.69) is 15.9 Å². The van der Waals surface area contributed by atoms with Gasteiger partial charge in [-0.3, -0.25) is 0 Å². The van der Waals surface area contributed by atoms with Crippen molar-refractivity contribution in [2.24, 2.45) is 0 Å². The van der Waals surface area contributed by atoms with Gasteiger partial charge in [-0.25, -0.2) is 4.79 Å². The molecule has 31 heavy (non-hydrogen) atoms. The van der Waals surface area contributed by atoms with Gasteiger partial charge in [0.2, 0.25) is 0 Å². The molecule has 1 atom stereocenters. The fraction of sp³-hybridized carbons (Fsp3) is 0.409. The van der Waals surface area contributed by atoms with Crippen molar-refractivity contribution in [3.8, 4) is 11.5 Å². The van der Waals surface area contributed by atoms with Gasteiger partial charge in [-0.05, 0) is 54.7 Å². The van der Waals surface area contributed by atoms with Crippen molar-refractivity contribution in [1.29, 1.82) is 0 Å². The van der Waals surface area contributed by atoms with E-state index in [1.165, 1.54) is 11.0 Å². The molecule has 2 heterocycles. The smallest absolute Gasteiger partial charge is 0.416 e. The molecule has 0 aromatic heterocycles. The quantitative estimate of drug-likeness (QED) is 0.543. The Morgan fingerprint density at radius 3 is 2.52 bits per heavy atom. The number of benzene rings is 2. The van der Waals surface area contributed by atoms with E-state index in [0.29, 0.717) is 42.9 Å². The van der Waals surface area contributed by atoms with Crippen LogP contribution in [0.1, 0.15) is 48.0 Å². The highest BCUT2D eigenvalue weighted by Gasteiger charge is 2.34. The largest absolute Gasteiger partial charge is 0.493 e. The van der Waals surface area contributed by atoms with Gasteiger partial charge in [-0.15, -0.1) is 0 Å². The van der Waals surface area contributed by atoms with Crippen molar-refractivity contribution >= 4 is 22.0 Å². The van der Waals surface area contributed by atoms with E-state index in [-0.39, 0.29) is 25.1 Å². The van der Waals surface area contributed by atoms with Crippen LogP contribution in [0.4, 0.5) is 18.0 Å². The zero-order valence-corrected chi connectivity index (χ0v) is 18.1. The molecule has 0 radical (unpaired) electrons. The van der Waals surface area contributed by atoms with Crippen LogP contribution in [-0.4, -0.2) is 35.8 Å². The van der Waals surface area contributed by atoms with Crippen LogP contribution in [0.3, 0.4) is 0 Å². The van der Waals surface area contributed by atoms with E-state index in [4.69, 9.17) is 14.6 Å². The minimum absolute atomic E-state index is 0.211. The minimum Gasteiger partial charge on any atom is -0.493 e. The lowest BCUT2D eigenvalue weighted by molar-refractivity contribution is -0.137. The number of halogens is 4. The number of amides is 1. The molecule has 166 valence electrons. The summed E-state index contributed by atoms with van der Waals surface area (Å²) in [7, 11) is 0. The van der Waals surface area contributed by atoms with Crippen molar-refractivity contribution in [3.63, 3.8) is 0 Å². The summed E-state index contributed by atoms with van der Waals surface area (Å²) in [5.74, 6) is 0.883. The van der Waals surface area contributed by atoms with E-state index in [1.807, 2.05) is 18.2 Å². The van der Waals surface area contributed by atoms with Crippen molar-refractivity contribution in [3.05, 3.63) is 57.6 Å². The van der Waals surface area contributed by atoms with E-state index in [9.17, 15) is 18.0 Å². The second kappa shape index (κ2) is 8.61. The van der Waals surface area contributed by atoms with Gasteiger partial charge in [0.15, 0.2) is 0 Å². The number of rotatable bonds is 3. The molecule has 1 unspecified atom stereocenters. The Balaban J connectivity index is 1.64. The van der Waals surface area contributed by atoms with Crippen LogP contribution in [0.5, 0.6) is 11.5 Å². The fourth-order valence-electron chi connectivity index (χ4n) is 4.14. The highest BCUT2D eigenvalue weighted by molar-refractivity contribution is 9.10. The molecular formula is C22H21BrF3NO4. The third-order valence-electron chi connectivity index (χ3n) is 5.77. The number of alkyl halides is 3. The third-order valence-corrected chi connectivity index (χ3v) is 6.26. The van der Waals surface area contributed by atoms with E-state index in [0.717, 1.165) is 22.2 Å². The zero-order valence-electron chi connectivity index (χ0n) is 16.5. The average Bonchev–Trinajstić information content (AvgIpc) is 2.73. The zero-order chi connectivity index (χ0) is 22.2. The molecule has 0 aliphatic carbocycles. The number of piperidine rings is 1. The molecule has 5 nitrogen and oxygen atoms in total. The molecule has 2 aliphatic heterocycles. The maximum atomic E-state index is 13.4. The van der Waals surface area contributed by atoms with E-state index in [1.54, 1.807) is 0 Å². The van der Waals surface area contributed by atoms with Crippen LogP contribution in [0.15, 0.2) is 40.9 Å². The molecule has 9 heteroatoms. The predicted molar refractivity (Wildman–Crippen MR) is 111 cm³/mol. The SMILES string of the molecule is O=C(O)N1CCC(c2cc(C(F)(F)F)ccc2OC2CCOc3cc(Br)ccc32)CC1. The number of ether oxygens (including phenoxy) is 2. The van der Waals surface area contributed by atoms with Crippen LogP contribution < -0.4 is 9.47 Å². The average molecular weight is 500 g/mol. The number of carbonyl (C=O) groups is 1. The first kappa shape index (κ1) is 21.8. The first-order valence-corrected chi connectivity index (χ1v) is 10.8. The predicted octanol–water partition coefficient (Wildman–Crippen LogP) is 6.23. The molecular weight excluding hydrogens is 479 g/mol. The van der Waals surface area contributed by atoms with E-state index < -0.39 is 17.8 Å². The first-order chi connectivity index (χ1) is 14.7. The Labute approximate surface area is 185 Å². The van der Waals surface area contributed by atoms with Gasteiger partial charge in [0.1, 0.15) is 17.6 Å².